The Morgan fingerprint density at radius 2 is 2.00 bits per heavy atom. The van der Waals surface area contributed by atoms with Gasteiger partial charge < -0.3 is 9.84 Å². The third-order valence-corrected chi connectivity index (χ3v) is 4.13. The minimum absolute atomic E-state index is 0.0593. The number of hydrazine groups is 1. The summed E-state index contributed by atoms with van der Waals surface area (Å²) in [6.45, 7) is 0. The van der Waals surface area contributed by atoms with Gasteiger partial charge in [0.05, 0.1) is 0 Å². The van der Waals surface area contributed by atoms with Crippen LogP contribution in [0.25, 0.3) is 11.0 Å². The van der Waals surface area contributed by atoms with Crippen molar-refractivity contribution in [2.45, 2.75) is 5.09 Å². The lowest BCUT2D eigenvalue weighted by atomic mass is 10.3. The van der Waals surface area contributed by atoms with Crippen LogP contribution in [0.15, 0.2) is 63.2 Å². The van der Waals surface area contributed by atoms with Crippen LogP contribution in [0.5, 0.6) is 0 Å². The summed E-state index contributed by atoms with van der Waals surface area (Å²) in [5.41, 5.74) is 5.76. The molecule has 0 bridgehead atoms. The lowest BCUT2D eigenvalue weighted by Gasteiger charge is -2.12. The fourth-order valence-corrected chi connectivity index (χ4v) is 2.84. The molecule has 0 fully saturated rings. The maximum atomic E-state index is 12.3. The highest BCUT2D eigenvalue weighted by atomic mass is 32.2. The zero-order chi connectivity index (χ0) is 12.6. The Morgan fingerprint density at radius 1 is 1.17 bits per heavy atom. The molecule has 1 aromatic carbocycles. The summed E-state index contributed by atoms with van der Waals surface area (Å²) in [4.78, 5) is 0. The molecule has 5 nitrogen and oxygen atoms in total. The van der Waals surface area contributed by atoms with Crippen LogP contribution in [0.3, 0.4) is 0 Å². The first kappa shape index (κ1) is 10.9. The van der Waals surface area contributed by atoms with E-state index >= 15 is 0 Å². The highest BCUT2D eigenvalue weighted by Crippen LogP contribution is 2.26. The van der Waals surface area contributed by atoms with Crippen LogP contribution in [0, 0.1) is 0 Å². The quantitative estimate of drug-likeness (QED) is 0.861. The minimum atomic E-state index is -3.65. The van der Waals surface area contributed by atoms with Crippen LogP contribution < -0.4 is 10.9 Å². The van der Waals surface area contributed by atoms with Crippen molar-refractivity contribution < 1.29 is 12.8 Å². The second-order valence-corrected chi connectivity index (χ2v) is 5.62. The Hall–Kier alpha value is -2.21. The molecule has 92 valence electrons. The van der Waals surface area contributed by atoms with Crippen molar-refractivity contribution in [1.29, 1.82) is 0 Å². The lowest BCUT2D eigenvalue weighted by Crippen LogP contribution is -2.32. The van der Waals surface area contributed by atoms with Crippen LogP contribution in [0.4, 0.5) is 0 Å². The predicted octanol–water partition coefficient (Wildman–Crippen LogP) is 1.67. The summed E-state index contributed by atoms with van der Waals surface area (Å²) in [6, 6.07) is 8.68. The van der Waals surface area contributed by atoms with Crippen molar-refractivity contribution in [1.82, 2.24) is 10.9 Å². The first-order chi connectivity index (χ1) is 8.68. The molecule has 0 spiro atoms. The summed E-state index contributed by atoms with van der Waals surface area (Å²) in [5, 5.41) is 0.750. The summed E-state index contributed by atoms with van der Waals surface area (Å²) in [7, 11) is -3.65. The smallest absolute Gasteiger partial charge is 0.256 e. The van der Waals surface area contributed by atoms with Crippen molar-refractivity contribution >= 4 is 20.8 Å². The lowest BCUT2D eigenvalue weighted by molar-refractivity contribution is 0.482. The molecule has 18 heavy (non-hydrogen) atoms. The number of nitrogens with one attached hydrogen (secondary N) is 2. The number of fused-ring (bicyclic) bond motifs is 1. The number of furan rings is 1. The first-order valence-corrected chi connectivity index (χ1v) is 6.78. The molecule has 6 heteroatoms. The molecule has 0 saturated carbocycles. The number of sulfone groups is 1. The monoisotopic (exact) mass is 262 g/mol. The van der Waals surface area contributed by atoms with Gasteiger partial charge in [0.2, 0.25) is 5.09 Å². The molecular formula is C12H10N2O3S. The second kappa shape index (κ2) is 3.92. The largest absolute Gasteiger partial charge is 0.444 e. The molecule has 1 aromatic heterocycles. The van der Waals surface area contributed by atoms with E-state index in [9.17, 15) is 8.42 Å². The topological polar surface area (TPSA) is 71.3 Å². The summed E-state index contributed by atoms with van der Waals surface area (Å²) < 4.78 is 29.9. The van der Waals surface area contributed by atoms with Crippen molar-refractivity contribution in [3.8, 4) is 0 Å². The fourth-order valence-electron chi connectivity index (χ4n) is 1.69. The standard InChI is InChI=1S/C12H10N2O3S/c15-18(16,11-6-3-7-13-14-11)12-8-9-4-1-2-5-10(9)17-12/h1-8,13-14H. The maximum Gasteiger partial charge on any atom is 0.256 e. The fraction of sp³-hybridized carbons (Fsp3) is 0. The molecule has 0 aliphatic carbocycles. The molecule has 0 radical (unpaired) electrons. The summed E-state index contributed by atoms with van der Waals surface area (Å²) in [5.74, 6) is 0. The zero-order valence-corrected chi connectivity index (χ0v) is 10.1. The SMILES string of the molecule is O=S(=O)(C1=CC=CNN1)c1cc2ccccc2o1. The van der Waals surface area contributed by atoms with Crippen molar-refractivity contribution in [3.63, 3.8) is 0 Å². The Balaban J connectivity index is 2.13. The Morgan fingerprint density at radius 3 is 2.72 bits per heavy atom. The Kier molecular flexibility index (Phi) is 2.38. The molecule has 0 saturated heterocycles. The van der Waals surface area contributed by atoms with Crippen LogP contribution in [0.2, 0.25) is 0 Å². The van der Waals surface area contributed by atoms with E-state index in [0.29, 0.717) is 5.58 Å². The van der Waals surface area contributed by atoms with Crippen LogP contribution in [-0.2, 0) is 9.84 Å². The highest BCUT2D eigenvalue weighted by molar-refractivity contribution is 7.95. The van der Waals surface area contributed by atoms with E-state index in [4.69, 9.17) is 4.42 Å². The van der Waals surface area contributed by atoms with Gasteiger partial charge in [-0.1, -0.05) is 18.2 Å². The van der Waals surface area contributed by atoms with E-state index in [1.807, 2.05) is 6.07 Å². The van der Waals surface area contributed by atoms with Crippen molar-refractivity contribution in [2.24, 2.45) is 0 Å². The molecule has 2 N–H and O–H groups in total. The Bertz CT molecular complexity index is 723. The van der Waals surface area contributed by atoms with E-state index < -0.39 is 9.84 Å². The molecule has 1 aliphatic rings. The van der Waals surface area contributed by atoms with E-state index in [0.717, 1.165) is 5.39 Å². The van der Waals surface area contributed by atoms with Gasteiger partial charge in [0.15, 0.2) is 5.03 Å². The minimum Gasteiger partial charge on any atom is -0.444 e. The normalized spacial score (nSPS) is 15.0. The predicted molar refractivity (Wildman–Crippen MR) is 66.9 cm³/mol. The van der Waals surface area contributed by atoms with E-state index in [1.165, 1.54) is 12.1 Å². The molecule has 0 atom stereocenters. The molecule has 1 aliphatic heterocycles. The number of para-hydroxylation sites is 1. The number of allylic oxidation sites excluding steroid dienone is 2. The van der Waals surface area contributed by atoms with Gasteiger partial charge in [0.1, 0.15) is 5.58 Å². The van der Waals surface area contributed by atoms with Gasteiger partial charge in [-0.3, -0.25) is 5.43 Å². The van der Waals surface area contributed by atoms with Crippen LogP contribution in [0.1, 0.15) is 0 Å². The van der Waals surface area contributed by atoms with Gasteiger partial charge in [0.25, 0.3) is 9.84 Å². The Labute approximate surface area is 104 Å². The third kappa shape index (κ3) is 1.67. The molecule has 3 rings (SSSR count). The number of hydrogen-bond donors (Lipinski definition) is 2. The molecular weight excluding hydrogens is 252 g/mol. The second-order valence-electron chi connectivity index (χ2n) is 3.77. The van der Waals surface area contributed by atoms with E-state index in [-0.39, 0.29) is 10.1 Å². The number of benzene rings is 1. The van der Waals surface area contributed by atoms with Gasteiger partial charge in [-0.25, -0.2) is 8.42 Å². The summed E-state index contributed by atoms with van der Waals surface area (Å²) in [6.07, 6.45) is 4.67. The van der Waals surface area contributed by atoms with Crippen LogP contribution >= 0.6 is 0 Å². The molecule has 2 heterocycles. The van der Waals surface area contributed by atoms with Crippen LogP contribution in [-0.4, -0.2) is 8.42 Å². The van der Waals surface area contributed by atoms with Gasteiger partial charge in [0, 0.05) is 17.7 Å². The molecule has 0 amide bonds. The van der Waals surface area contributed by atoms with Gasteiger partial charge >= 0.3 is 0 Å². The zero-order valence-electron chi connectivity index (χ0n) is 9.25. The maximum absolute atomic E-state index is 12.3. The molecule has 2 aromatic rings. The third-order valence-electron chi connectivity index (χ3n) is 2.58. The average Bonchev–Trinajstić information content (AvgIpc) is 2.84. The van der Waals surface area contributed by atoms with Crippen molar-refractivity contribution in [3.05, 3.63) is 53.7 Å². The van der Waals surface area contributed by atoms with Gasteiger partial charge in [-0.2, -0.15) is 0 Å². The van der Waals surface area contributed by atoms with Gasteiger partial charge in [-0.15, -0.1) is 0 Å². The molecule has 0 unspecified atom stereocenters. The highest BCUT2D eigenvalue weighted by Gasteiger charge is 2.25. The van der Waals surface area contributed by atoms with Crippen molar-refractivity contribution in [2.75, 3.05) is 0 Å². The van der Waals surface area contributed by atoms with E-state index in [1.54, 1.807) is 30.5 Å². The number of rotatable bonds is 2. The summed E-state index contributed by atoms with van der Waals surface area (Å²) >= 11 is 0. The number of hydrogen-bond acceptors (Lipinski definition) is 5. The average molecular weight is 262 g/mol. The first-order valence-electron chi connectivity index (χ1n) is 5.30. The van der Waals surface area contributed by atoms with Gasteiger partial charge in [-0.05, 0) is 18.2 Å². The van der Waals surface area contributed by atoms with E-state index in [2.05, 4.69) is 10.9 Å².